The third-order valence-electron chi connectivity index (χ3n) is 4.60. The van der Waals surface area contributed by atoms with Crippen LogP contribution in [0.3, 0.4) is 0 Å². The third kappa shape index (κ3) is 24.1. The van der Waals surface area contributed by atoms with Gasteiger partial charge in [0.05, 0.1) is 59.2 Å². The topological polar surface area (TPSA) is 116 Å². The maximum absolute atomic E-state index is 12.1. The molecule has 0 saturated heterocycles. The molecule has 0 aliphatic heterocycles. The summed E-state index contributed by atoms with van der Waals surface area (Å²) in [6.07, 6.45) is 1.43. The van der Waals surface area contributed by atoms with Crippen LogP contribution in [0.5, 0.6) is 0 Å². The molecule has 0 aromatic heterocycles. The van der Waals surface area contributed by atoms with Crippen LogP contribution in [-0.2, 0) is 34.9 Å². The predicted molar refractivity (Wildman–Crippen MR) is 175 cm³/mol. The Morgan fingerprint density at radius 3 is 2.23 bits per heavy atom. The molecule has 0 saturated carbocycles. The van der Waals surface area contributed by atoms with Gasteiger partial charge in [-0.3, -0.25) is 9.52 Å². The summed E-state index contributed by atoms with van der Waals surface area (Å²) in [6.45, 7) is 5.53. The van der Waals surface area contributed by atoms with E-state index in [1.54, 1.807) is 21.6 Å². The molecule has 0 bridgehead atoms. The molecule has 0 spiro atoms. The van der Waals surface area contributed by atoms with Crippen molar-refractivity contribution in [3.05, 3.63) is 29.8 Å². The van der Waals surface area contributed by atoms with Crippen molar-refractivity contribution in [3.63, 3.8) is 0 Å². The molecule has 0 unspecified atom stereocenters. The summed E-state index contributed by atoms with van der Waals surface area (Å²) in [4.78, 5) is 24.6. The average molecular weight is 748 g/mol. The second-order valence-electron chi connectivity index (χ2n) is 7.69. The summed E-state index contributed by atoms with van der Waals surface area (Å²) in [5.41, 5.74) is 0.952. The number of carbonyl (C=O) groups excluding carboxylic acids is 2. The van der Waals surface area contributed by atoms with Gasteiger partial charge in [0.25, 0.3) is 0 Å². The quantitative estimate of drug-likeness (QED) is 0.0221. The average Bonchev–Trinajstić information content (AvgIpc) is 2.95. The Bertz CT molecular complexity index is 848. The molecule has 0 radical (unpaired) electrons. The van der Waals surface area contributed by atoms with Crippen molar-refractivity contribution < 1.29 is 33.3 Å². The highest BCUT2D eigenvalue weighted by Gasteiger charge is 2.04. The number of thiol groups is 1. The van der Waals surface area contributed by atoms with Crippen molar-refractivity contribution in [2.45, 2.75) is 24.2 Å². The molecule has 0 aliphatic carbocycles. The highest BCUT2D eigenvalue weighted by atomic mass is 127. The Hall–Kier alpha value is -0.550. The van der Waals surface area contributed by atoms with Crippen molar-refractivity contribution in [2.24, 2.45) is 0 Å². The van der Waals surface area contributed by atoms with Crippen molar-refractivity contribution in [2.75, 3.05) is 78.4 Å². The number of amides is 2. The summed E-state index contributed by atoms with van der Waals surface area (Å²) in [5, 5.41) is 5.41. The van der Waals surface area contributed by atoms with Crippen LogP contribution in [0.2, 0.25) is 0 Å². The first kappa shape index (κ1) is 37.5. The van der Waals surface area contributed by atoms with E-state index in [1.165, 1.54) is 11.0 Å². The van der Waals surface area contributed by atoms with Gasteiger partial charge in [-0.2, -0.15) is 0 Å². The fourth-order valence-electron chi connectivity index (χ4n) is 2.73. The van der Waals surface area contributed by atoms with Crippen molar-refractivity contribution in [3.8, 4) is 9.85 Å². The van der Waals surface area contributed by atoms with Gasteiger partial charge in [0.15, 0.2) is 0 Å². The molecule has 1 aromatic carbocycles. The van der Waals surface area contributed by atoms with Crippen LogP contribution in [0, 0.1) is 9.85 Å². The number of ether oxygens (including phenoxy) is 5. The van der Waals surface area contributed by atoms with Crippen LogP contribution in [0.15, 0.2) is 29.2 Å². The largest absolute Gasteiger partial charge is 0.450 e. The molecule has 1 rings (SSSR count). The lowest BCUT2D eigenvalue weighted by Crippen LogP contribution is -2.29. The maximum atomic E-state index is 12.1. The van der Waals surface area contributed by atoms with Crippen LogP contribution in [0.25, 0.3) is 0 Å². The summed E-state index contributed by atoms with van der Waals surface area (Å²) in [6, 6.07) is 7.92. The van der Waals surface area contributed by atoms with Crippen molar-refractivity contribution in [1.29, 1.82) is 0 Å². The number of unbranched alkanes of at least 4 members (excludes halogenated alkanes) is 1. The Balaban J connectivity index is 1.94. The van der Waals surface area contributed by atoms with E-state index in [-0.39, 0.29) is 5.91 Å². The highest BCUT2D eigenvalue weighted by molar-refractivity contribution is 14.1. The van der Waals surface area contributed by atoms with Crippen LogP contribution < -0.4 is 15.4 Å². The SMILES string of the molecule is O=C(Cc1ccc(SSCOCCCCOC(=O)NCC#CI)cc1)NCCOCCOCCOCCNSS. The van der Waals surface area contributed by atoms with Gasteiger partial charge in [-0.25, -0.2) is 4.79 Å². The highest BCUT2D eigenvalue weighted by Crippen LogP contribution is 2.31. The van der Waals surface area contributed by atoms with Gasteiger partial charge in [-0.05, 0) is 45.4 Å². The van der Waals surface area contributed by atoms with Gasteiger partial charge in [0.1, 0.15) is 5.94 Å². The maximum Gasteiger partial charge on any atom is 0.407 e. The molecule has 226 valence electrons. The summed E-state index contributed by atoms with van der Waals surface area (Å²) < 4.78 is 32.5. The van der Waals surface area contributed by atoms with E-state index >= 15 is 0 Å². The molecule has 40 heavy (non-hydrogen) atoms. The number of nitrogens with one attached hydrogen (secondary N) is 3. The van der Waals surface area contributed by atoms with Crippen molar-refractivity contribution >= 4 is 78.8 Å². The minimum atomic E-state index is -0.451. The van der Waals surface area contributed by atoms with E-state index in [1.807, 2.05) is 46.9 Å². The molecule has 0 atom stereocenters. The van der Waals surface area contributed by atoms with Gasteiger partial charge in [0, 0.05) is 47.2 Å². The second kappa shape index (κ2) is 28.6. The van der Waals surface area contributed by atoms with E-state index in [4.69, 9.17) is 23.7 Å². The summed E-state index contributed by atoms with van der Waals surface area (Å²) in [7, 11) is 4.49. The van der Waals surface area contributed by atoms with E-state index in [0.29, 0.717) is 78.3 Å². The van der Waals surface area contributed by atoms with Gasteiger partial charge < -0.3 is 34.3 Å². The second-order valence-corrected chi connectivity index (χ2v) is 11.6. The van der Waals surface area contributed by atoms with Gasteiger partial charge in [-0.15, -0.1) is 0 Å². The van der Waals surface area contributed by atoms with Crippen LogP contribution in [0.1, 0.15) is 18.4 Å². The molecule has 1 aromatic rings. The lowest BCUT2D eigenvalue weighted by Gasteiger charge is -2.08. The number of rotatable bonds is 25. The lowest BCUT2D eigenvalue weighted by molar-refractivity contribution is -0.120. The Kier molecular flexibility index (Phi) is 26.8. The minimum Gasteiger partial charge on any atom is -0.450 e. The van der Waals surface area contributed by atoms with Gasteiger partial charge in [0.2, 0.25) is 5.91 Å². The summed E-state index contributed by atoms with van der Waals surface area (Å²) in [5.74, 6) is 3.24. The van der Waals surface area contributed by atoms with Gasteiger partial charge >= 0.3 is 6.09 Å². The molecule has 0 heterocycles. The molecule has 0 aliphatic rings. The zero-order valence-corrected chi connectivity index (χ0v) is 27.8. The van der Waals surface area contributed by atoms with Crippen LogP contribution in [0.4, 0.5) is 4.79 Å². The molecular formula is C25H38IN3O7S4. The monoisotopic (exact) mass is 747 g/mol. The number of carbonyl (C=O) groups is 2. The first-order valence-electron chi connectivity index (χ1n) is 12.6. The minimum absolute atomic E-state index is 0.0393. The van der Waals surface area contributed by atoms with E-state index < -0.39 is 6.09 Å². The molecule has 3 N–H and O–H groups in total. The molecule has 10 nitrogen and oxygen atoms in total. The van der Waals surface area contributed by atoms with Crippen LogP contribution >= 0.6 is 66.8 Å². The van der Waals surface area contributed by atoms with E-state index in [9.17, 15) is 9.59 Å². The molecule has 0 fully saturated rings. The zero-order valence-electron chi connectivity index (χ0n) is 22.3. The standard InChI is InChI=1S/C25H38IN3O7S4/c26-8-3-9-28-25(31)36-13-2-1-12-35-21-38-39-23-6-4-22(5-7-23)20-24(30)27-10-14-32-16-18-34-19-17-33-15-11-29-40-37/h4-7,29,37H,1-2,9-21H2,(H,27,30)(H,28,31). The first-order chi connectivity index (χ1) is 19.7. The Labute approximate surface area is 268 Å². The summed E-state index contributed by atoms with van der Waals surface area (Å²) >= 11 is 5.88. The zero-order chi connectivity index (χ0) is 28.9. The lowest BCUT2D eigenvalue weighted by atomic mass is 10.1. The smallest absolute Gasteiger partial charge is 0.407 e. The van der Waals surface area contributed by atoms with E-state index in [2.05, 4.69) is 36.9 Å². The fourth-order valence-corrected chi connectivity index (χ4v) is 5.08. The molecule has 15 heteroatoms. The number of halogens is 1. The number of alkyl carbamates (subject to hydrolysis) is 1. The van der Waals surface area contributed by atoms with E-state index in [0.717, 1.165) is 29.8 Å². The Morgan fingerprint density at radius 1 is 0.850 bits per heavy atom. The van der Waals surface area contributed by atoms with Crippen molar-refractivity contribution in [1.82, 2.24) is 15.4 Å². The predicted octanol–water partition coefficient (Wildman–Crippen LogP) is 4.09. The first-order valence-corrected chi connectivity index (χ1v) is 17.9. The van der Waals surface area contributed by atoms with Gasteiger partial charge in [-0.1, -0.05) is 51.3 Å². The number of hydrogen-bond acceptors (Lipinski definition) is 12. The third-order valence-corrected chi connectivity index (χ3v) is 7.77. The number of hydrogen-bond donors (Lipinski definition) is 4. The van der Waals surface area contributed by atoms with Crippen LogP contribution in [-0.4, -0.2) is 90.4 Å². The fraction of sp³-hybridized carbons (Fsp3) is 0.600. The molecular weight excluding hydrogens is 709 g/mol. The normalized spacial score (nSPS) is 10.6. The Morgan fingerprint density at radius 2 is 1.52 bits per heavy atom. The number of benzene rings is 1. The molecule has 2 amide bonds.